The van der Waals surface area contributed by atoms with Crippen LogP contribution in [0.2, 0.25) is 5.02 Å². The highest BCUT2D eigenvalue weighted by Gasteiger charge is 2.40. The first-order valence-electron chi connectivity index (χ1n) is 12.6. The zero-order chi connectivity index (χ0) is 23.7. The van der Waals surface area contributed by atoms with E-state index in [-0.39, 0.29) is 41.7 Å². The molecule has 1 unspecified atom stereocenters. The summed E-state index contributed by atoms with van der Waals surface area (Å²) in [5.41, 5.74) is 6.93. The van der Waals surface area contributed by atoms with Crippen molar-refractivity contribution in [2.75, 3.05) is 26.2 Å². The summed E-state index contributed by atoms with van der Waals surface area (Å²) < 4.78 is 0. The van der Waals surface area contributed by atoms with Crippen molar-refractivity contribution in [2.45, 2.75) is 92.5 Å². The van der Waals surface area contributed by atoms with Crippen molar-refractivity contribution in [1.82, 2.24) is 10.2 Å². The summed E-state index contributed by atoms with van der Waals surface area (Å²) in [6.45, 7) is 13.8. The van der Waals surface area contributed by atoms with Gasteiger partial charge in [-0.15, -0.1) is 0 Å². The second-order valence-electron chi connectivity index (χ2n) is 10.8. The quantitative estimate of drug-likeness (QED) is 0.564. The van der Waals surface area contributed by atoms with Gasteiger partial charge in [-0.05, 0) is 47.3 Å². The van der Waals surface area contributed by atoms with Crippen LogP contribution in [0.25, 0.3) is 0 Å². The van der Waals surface area contributed by atoms with E-state index in [2.05, 4.69) is 52.1 Å². The lowest BCUT2D eigenvalue weighted by molar-refractivity contribution is -0.138. The van der Waals surface area contributed by atoms with E-state index in [1.807, 2.05) is 17.0 Å². The maximum Gasteiger partial charge on any atom is 0.239 e. The van der Waals surface area contributed by atoms with Crippen molar-refractivity contribution in [1.29, 1.82) is 0 Å². The summed E-state index contributed by atoms with van der Waals surface area (Å²) in [7, 11) is 0. The van der Waals surface area contributed by atoms with Crippen LogP contribution in [0.1, 0.15) is 92.1 Å². The van der Waals surface area contributed by atoms with Gasteiger partial charge in [0.15, 0.2) is 0 Å². The lowest BCUT2D eigenvalue weighted by Crippen LogP contribution is -2.55. The van der Waals surface area contributed by atoms with Crippen LogP contribution in [-0.2, 0) is 4.79 Å². The second-order valence-corrected chi connectivity index (χ2v) is 11.3. The van der Waals surface area contributed by atoms with Crippen LogP contribution in [0.3, 0.4) is 0 Å². The summed E-state index contributed by atoms with van der Waals surface area (Å²) in [6.07, 6.45) is 8.41. The Hall–Kier alpha value is -1.18. The molecule has 7 heteroatoms. The lowest BCUT2D eigenvalue weighted by Gasteiger charge is -2.46. The van der Waals surface area contributed by atoms with Gasteiger partial charge in [-0.2, -0.15) is 0 Å². The third-order valence-corrected chi connectivity index (χ3v) is 7.40. The molecule has 1 aromatic rings. The van der Waals surface area contributed by atoms with Gasteiger partial charge in [0.1, 0.15) is 0 Å². The molecule has 0 bridgehead atoms. The molecule has 1 aliphatic heterocycles. The van der Waals surface area contributed by atoms with Crippen molar-refractivity contribution in [3.8, 4) is 0 Å². The minimum Gasteiger partial charge on any atom is -0.412 e. The number of nitrogens with two attached hydrogens (primary N) is 1. The molecule has 6 nitrogen and oxygen atoms in total. The van der Waals surface area contributed by atoms with Crippen molar-refractivity contribution in [2.24, 2.45) is 23.0 Å². The number of amides is 1. The predicted octanol–water partition coefficient (Wildman–Crippen LogP) is 4.83. The molecule has 1 aliphatic carbocycles. The minimum atomic E-state index is -0.161. The van der Waals surface area contributed by atoms with E-state index in [0.29, 0.717) is 19.0 Å². The first-order chi connectivity index (χ1) is 15.2. The van der Waals surface area contributed by atoms with Crippen LogP contribution in [0, 0.1) is 17.3 Å². The Morgan fingerprint density at radius 1 is 1.11 bits per heavy atom. The molecule has 1 heterocycles. The number of nitrogens with zero attached hydrogens (tertiary/aromatic N) is 1. The molecule has 206 valence electrons. The molecule has 3 rings (SSSR count). The zero-order valence-electron chi connectivity index (χ0n) is 22.0. The molecule has 1 amide bonds. The van der Waals surface area contributed by atoms with Gasteiger partial charge in [0.2, 0.25) is 5.91 Å². The van der Waals surface area contributed by atoms with E-state index < -0.39 is 0 Å². The first kappa shape index (κ1) is 36.0. The number of carbonyl (C=O) groups excluding carboxylic acids is 1. The highest BCUT2D eigenvalue weighted by molar-refractivity contribution is 6.30. The van der Waals surface area contributed by atoms with Crippen LogP contribution in [0.5, 0.6) is 0 Å². The Morgan fingerprint density at radius 3 is 2.11 bits per heavy atom. The van der Waals surface area contributed by atoms with Gasteiger partial charge in [-0.3, -0.25) is 4.79 Å². The van der Waals surface area contributed by atoms with E-state index >= 15 is 0 Å². The molecule has 2 aliphatic rings. The molecule has 1 saturated carbocycles. The van der Waals surface area contributed by atoms with Gasteiger partial charge in [-0.1, -0.05) is 97.9 Å². The normalized spacial score (nSPS) is 20.3. The average molecular weight is 516 g/mol. The summed E-state index contributed by atoms with van der Waals surface area (Å²) in [5, 5.41) is 4.08. The van der Waals surface area contributed by atoms with Crippen LogP contribution in [0.15, 0.2) is 24.3 Å². The van der Waals surface area contributed by atoms with Crippen molar-refractivity contribution < 1.29 is 15.7 Å². The van der Waals surface area contributed by atoms with E-state index in [0.717, 1.165) is 30.5 Å². The predicted molar refractivity (Wildman–Crippen MR) is 151 cm³/mol. The molecule has 35 heavy (non-hydrogen) atoms. The summed E-state index contributed by atoms with van der Waals surface area (Å²) in [4.78, 5) is 15.1. The first-order valence-corrected chi connectivity index (χ1v) is 13.0. The van der Waals surface area contributed by atoms with E-state index in [9.17, 15) is 4.79 Å². The number of hydrogen-bond acceptors (Lipinski definition) is 3. The lowest BCUT2D eigenvalue weighted by atomic mass is 9.70. The van der Waals surface area contributed by atoms with E-state index in [1.165, 1.54) is 37.7 Å². The molecular formula is C28H54ClN3O3. The van der Waals surface area contributed by atoms with Gasteiger partial charge in [0.05, 0.1) is 6.04 Å². The second kappa shape index (κ2) is 17.3. The Balaban J connectivity index is 0. The summed E-state index contributed by atoms with van der Waals surface area (Å²) in [5.74, 6) is 1.92. The van der Waals surface area contributed by atoms with E-state index in [1.54, 1.807) is 0 Å². The Bertz CT molecular complexity index is 691. The largest absolute Gasteiger partial charge is 0.412 e. The highest BCUT2D eigenvalue weighted by Crippen LogP contribution is 2.42. The third-order valence-electron chi connectivity index (χ3n) is 7.15. The molecule has 1 saturated heterocycles. The van der Waals surface area contributed by atoms with Crippen LogP contribution in [-0.4, -0.2) is 54.0 Å². The number of rotatable bonds is 6. The van der Waals surface area contributed by atoms with Crippen LogP contribution < -0.4 is 11.1 Å². The van der Waals surface area contributed by atoms with Gasteiger partial charge in [0.25, 0.3) is 0 Å². The van der Waals surface area contributed by atoms with Crippen LogP contribution in [0.4, 0.5) is 0 Å². The van der Waals surface area contributed by atoms with Gasteiger partial charge in [-0.25, -0.2) is 0 Å². The minimum absolute atomic E-state index is 0. The SMILES string of the molecule is C.CC(C)[C@@H](NCCN)C(=O)N1CCC(c2ccc(Cl)cc2)C(C)(C)C1.CC1CCCCC1.O.O. The number of halogens is 1. The number of hydrogen-bond donors (Lipinski definition) is 2. The molecule has 2 atom stereocenters. The fourth-order valence-corrected chi connectivity index (χ4v) is 5.33. The number of piperidine rings is 1. The van der Waals surface area contributed by atoms with Crippen LogP contribution >= 0.6 is 11.6 Å². The molecule has 7 N–H and O–H groups in total. The van der Waals surface area contributed by atoms with Gasteiger partial charge < -0.3 is 26.9 Å². The topological polar surface area (TPSA) is 121 Å². The summed E-state index contributed by atoms with van der Waals surface area (Å²) >= 11 is 6.02. The number of benzene rings is 1. The molecule has 0 radical (unpaired) electrons. The number of nitrogens with one attached hydrogen (secondary N) is 1. The smallest absolute Gasteiger partial charge is 0.239 e. The van der Waals surface area contributed by atoms with Gasteiger partial charge in [0, 0.05) is 31.2 Å². The zero-order valence-corrected chi connectivity index (χ0v) is 22.8. The monoisotopic (exact) mass is 515 g/mol. The molecule has 2 fully saturated rings. The van der Waals surface area contributed by atoms with Crippen molar-refractivity contribution in [3.05, 3.63) is 34.9 Å². The van der Waals surface area contributed by atoms with Crippen molar-refractivity contribution >= 4 is 17.5 Å². The number of likely N-dealkylation sites (tertiary alicyclic amines) is 1. The molecule has 0 spiro atoms. The molecule has 1 aromatic carbocycles. The average Bonchev–Trinajstić information content (AvgIpc) is 2.75. The van der Waals surface area contributed by atoms with Gasteiger partial charge >= 0.3 is 0 Å². The Labute approximate surface area is 220 Å². The maximum atomic E-state index is 13.0. The maximum absolute atomic E-state index is 13.0. The third kappa shape index (κ3) is 11.2. The summed E-state index contributed by atoms with van der Waals surface area (Å²) in [6, 6.07) is 7.98. The Kier molecular flexibility index (Phi) is 17.8. The Morgan fingerprint density at radius 2 is 1.69 bits per heavy atom. The highest BCUT2D eigenvalue weighted by atomic mass is 35.5. The van der Waals surface area contributed by atoms with Crippen molar-refractivity contribution in [3.63, 3.8) is 0 Å². The molecule has 0 aromatic heterocycles. The number of carbonyl (C=O) groups is 1. The molecular weight excluding hydrogens is 462 g/mol. The standard InChI is InChI=1S/C20H32ClN3O.C7H14.CH4.2H2O/c1-14(2)18(23-11-10-22)19(25)24-12-9-17(20(3,4)13-24)15-5-7-16(21)8-6-15;1-7-5-3-2-4-6-7;;;/h5-8,14,17-18,23H,9-13,22H2,1-4H3;7H,2-6H2,1H3;1H4;2*1H2/t17?,18-;;;;/m1..../s1. The van der Waals surface area contributed by atoms with E-state index in [4.69, 9.17) is 17.3 Å². The fraction of sp³-hybridized carbons (Fsp3) is 0.750. The fourth-order valence-electron chi connectivity index (χ4n) is 5.21.